The largest absolute Gasteiger partial charge is 0.368 e. The molecule has 1 aliphatic heterocycles. The second kappa shape index (κ2) is 7.77. The van der Waals surface area contributed by atoms with Gasteiger partial charge in [-0.25, -0.2) is 4.79 Å². The maximum absolute atomic E-state index is 12.3. The third-order valence-corrected chi connectivity index (χ3v) is 4.54. The summed E-state index contributed by atoms with van der Waals surface area (Å²) in [4.78, 5) is 16.4. The number of halogens is 2. The summed E-state index contributed by atoms with van der Waals surface area (Å²) < 4.78 is 0. The fraction of sp³-hybridized carbons (Fsp3) is 0.278. The fourth-order valence-corrected chi connectivity index (χ4v) is 3.17. The molecule has 1 heterocycles. The molecule has 1 fully saturated rings. The zero-order valence-corrected chi connectivity index (χ0v) is 14.7. The number of hydrogen-bond acceptors (Lipinski definition) is 2. The van der Waals surface area contributed by atoms with Crippen LogP contribution in [-0.2, 0) is 6.54 Å². The summed E-state index contributed by atoms with van der Waals surface area (Å²) in [6.07, 6.45) is 0. The number of piperazine rings is 1. The van der Waals surface area contributed by atoms with E-state index < -0.39 is 0 Å². The molecule has 3 rings (SSSR count). The summed E-state index contributed by atoms with van der Waals surface area (Å²) in [7, 11) is 0. The van der Waals surface area contributed by atoms with E-state index in [-0.39, 0.29) is 6.03 Å². The molecule has 0 unspecified atom stereocenters. The molecule has 2 amide bonds. The van der Waals surface area contributed by atoms with Crippen LogP contribution in [0.15, 0.2) is 48.5 Å². The SMILES string of the molecule is O=C(NCc1cccc(Cl)c1)N1CCN(c2cccc(Cl)c2)CC1. The van der Waals surface area contributed by atoms with Gasteiger partial charge in [-0.05, 0) is 35.9 Å². The van der Waals surface area contributed by atoms with E-state index >= 15 is 0 Å². The summed E-state index contributed by atoms with van der Waals surface area (Å²) in [6, 6.07) is 15.3. The van der Waals surface area contributed by atoms with Crippen molar-refractivity contribution in [2.45, 2.75) is 6.54 Å². The molecule has 0 atom stereocenters. The van der Waals surface area contributed by atoms with Crippen molar-refractivity contribution in [3.05, 3.63) is 64.1 Å². The molecule has 0 radical (unpaired) electrons. The molecular formula is C18H19Cl2N3O. The van der Waals surface area contributed by atoms with E-state index in [1.54, 1.807) is 0 Å². The molecule has 1 aliphatic rings. The molecule has 0 saturated carbocycles. The van der Waals surface area contributed by atoms with E-state index in [1.807, 2.05) is 53.4 Å². The molecule has 24 heavy (non-hydrogen) atoms. The van der Waals surface area contributed by atoms with Crippen LogP contribution in [0.2, 0.25) is 10.0 Å². The van der Waals surface area contributed by atoms with Crippen molar-refractivity contribution in [2.75, 3.05) is 31.1 Å². The third-order valence-electron chi connectivity index (χ3n) is 4.07. The molecule has 2 aromatic rings. The number of nitrogens with zero attached hydrogens (tertiary/aromatic N) is 2. The third kappa shape index (κ3) is 4.34. The number of benzene rings is 2. The van der Waals surface area contributed by atoms with Gasteiger partial charge < -0.3 is 15.1 Å². The van der Waals surface area contributed by atoms with Gasteiger partial charge in [0.15, 0.2) is 0 Å². The van der Waals surface area contributed by atoms with Crippen LogP contribution < -0.4 is 10.2 Å². The van der Waals surface area contributed by atoms with Crippen molar-refractivity contribution in [3.63, 3.8) is 0 Å². The van der Waals surface area contributed by atoms with Crippen LogP contribution in [0.4, 0.5) is 10.5 Å². The first-order valence-electron chi connectivity index (χ1n) is 7.89. The lowest BCUT2D eigenvalue weighted by atomic mass is 10.2. The van der Waals surface area contributed by atoms with E-state index in [0.717, 1.165) is 29.4 Å². The second-order valence-corrected chi connectivity index (χ2v) is 6.62. The van der Waals surface area contributed by atoms with Crippen molar-refractivity contribution in [1.82, 2.24) is 10.2 Å². The lowest BCUT2D eigenvalue weighted by Gasteiger charge is -2.36. The van der Waals surface area contributed by atoms with Crippen LogP contribution in [0.25, 0.3) is 0 Å². The highest BCUT2D eigenvalue weighted by Gasteiger charge is 2.21. The molecule has 4 nitrogen and oxygen atoms in total. The molecule has 126 valence electrons. The predicted molar refractivity (Wildman–Crippen MR) is 98.9 cm³/mol. The van der Waals surface area contributed by atoms with Crippen molar-refractivity contribution in [1.29, 1.82) is 0 Å². The molecule has 0 bridgehead atoms. The smallest absolute Gasteiger partial charge is 0.317 e. The Hall–Kier alpha value is -1.91. The molecular weight excluding hydrogens is 345 g/mol. The maximum atomic E-state index is 12.3. The van der Waals surface area contributed by atoms with Gasteiger partial charge in [-0.15, -0.1) is 0 Å². The summed E-state index contributed by atoms with van der Waals surface area (Å²) in [5, 5.41) is 4.36. The van der Waals surface area contributed by atoms with Gasteiger partial charge in [-0.3, -0.25) is 0 Å². The van der Waals surface area contributed by atoms with Gasteiger partial charge in [0, 0.05) is 48.5 Å². The lowest BCUT2D eigenvalue weighted by Crippen LogP contribution is -2.51. The van der Waals surface area contributed by atoms with Gasteiger partial charge in [0.1, 0.15) is 0 Å². The van der Waals surface area contributed by atoms with Crippen LogP contribution >= 0.6 is 23.2 Å². The van der Waals surface area contributed by atoms with E-state index in [2.05, 4.69) is 10.2 Å². The number of carbonyl (C=O) groups excluding carboxylic acids is 1. The Balaban J connectivity index is 1.50. The molecule has 0 spiro atoms. The quantitative estimate of drug-likeness (QED) is 0.893. The van der Waals surface area contributed by atoms with Crippen LogP contribution in [-0.4, -0.2) is 37.1 Å². The predicted octanol–water partition coefficient (Wildman–Crippen LogP) is 4.03. The minimum atomic E-state index is -0.0410. The highest BCUT2D eigenvalue weighted by Crippen LogP contribution is 2.20. The number of nitrogens with one attached hydrogen (secondary N) is 1. The average molecular weight is 364 g/mol. The normalized spacial score (nSPS) is 14.6. The van der Waals surface area contributed by atoms with E-state index in [4.69, 9.17) is 23.2 Å². The molecule has 0 aromatic heterocycles. The van der Waals surface area contributed by atoms with Gasteiger partial charge in [0.2, 0.25) is 0 Å². The zero-order valence-electron chi connectivity index (χ0n) is 13.2. The average Bonchev–Trinajstić information content (AvgIpc) is 2.60. The summed E-state index contributed by atoms with van der Waals surface area (Å²) in [5.41, 5.74) is 2.09. The highest BCUT2D eigenvalue weighted by molar-refractivity contribution is 6.31. The molecule has 2 aromatic carbocycles. The number of urea groups is 1. The molecule has 1 saturated heterocycles. The van der Waals surface area contributed by atoms with Crippen molar-refractivity contribution in [3.8, 4) is 0 Å². The van der Waals surface area contributed by atoms with Crippen LogP contribution in [0, 0.1) is 0 Å². The summed E-state index contributed by atoms with van der Waals surface area (Å²) >= 11 is 12.0. The summed E-state index contributed by atoms with van der Waals surface area (Å²) in [5.74, 6) is 0. The number of rotatable bonds is 3. The minimum absolute atomic E-state index is 0.0410. The maximum Gasteiger partial charge on any atom is 0.317 e. The van der Waals surface area contributed by atoms with E-state index in [1.165, 1.54) is 0 Å². The Morgan fingerprint density at radius 3 is 2.29 bits per heavy atom. The van der Waals surface area contributed by atoms with Crippen molar-refractivity contribution in [2.24, 2.45) is 0 Å². The van der Waals surface area contributed by atoms with Crippen LogP contribution in [0.5, 0.6) is 0 Å². The van der Waals surface area contributed by atoms with E-state index in [9.17, 15) is 4.79 Å². The summed E-state index contributed by atoms with van der Waals surface area (Å²) in [6.45, 7) is 3.45. The Labute approximate surface area is 152 Å². The monoisotopic (exact) mass is 363 g/mol. The lowest BCUT2D eigenvalue weighted by molar-refractivity contribution is 0.194. The van der Waals surface area contributed by atoms with Gasteiger partial charge in [0.25, 0.3) is 0 Å². The van der Waals surface area contributed by atoms with Gasteiger partial charge in [-0.2, -0.15) is 0 Å². The fourth-order valence-electron chi connectivity index (χ4n) is 2.78. The first-order chi connectivity index (χ1) is 11.6. The topological polar surface area (TPSA) is 35.6 Å². The Morgan fingerprint density at radius 2 is 1.62 bits per heavy atom. The molecule has 6 heteroatoms. The second-order valence-electron chi connectivity index (χ2n) is 5.74. The van der Waals surface area contributed by atoms with Gasteiger partial charge >= 0.3 is 6.03 Å². The van der Waals surface area contributed by atoms with Gasteiger partial charge in [-0.1, -0.05) is 41.4 Å². The van der Waals surface area contributed by atoms with Crippen molar-refractivity contribution >= 4 is 34.9 Å². The van der Waals surface area contributed by atoms with Crippen LogP contribution in [0.3, 0.4) is 0 Å². The minimum Gasteiger partial charge on any atom is -0.368 e. The Morgan fingerprint density at radius 1 is 0.958 bits per heavy atom. The van der Waals surface area contributed by atoms with Crippen LogP contribution in [0.1, 0.15) is 5.56 Å². The van der Waals surface area contributed by atoms with Crippen molar-refractivity contribution < 1.29 is 4.79 Å². The first-order valence-corrected chi connectivity index (χ1v) is 8.65. The first kappa shape index (κ1) is 16.9. The Bertz CT molecular complexity index is 715. The molecule has 1 N–H and O–H groups in total. The number of amides is 2. The number of carbonyl (C=O) groups is 1. The zero-order chi connectivity index (χ0) is 16.9. The Kier molecular flexibility index (Phi) is 5.48. The molecule has 0 aliphatic carbocycles. The number of hydrogen-bond donors (Lipinski definition) is 1. The highest BCUT2D eigenvalue weighted by atomic mass is 35.5. The van der Waals surface area contributed by atoms with Gasteiger partial charge in [0.05, 0.1) is 0 Å². The number of anilines is 1. The standard InChI is InChI=1S/C18H19Cl2N3O/c19-15-4-1-3-14(11-15)13-21-18(24)23-9-7-22(8-10-23)17-6-2-5-16(20)12-17/h1-6,11-12H,7-10,13H2,(H,21,24). The van der Waals surface area contributed by atoms with E-state index in [0.29, 0.717) is 24.7 Å².